The molecule has 0 saturated carbocycles. The second kappa shape index (κ2) is 22.4. The predicted octanol–water partition coefficient (Wildman–Crippen LogP) is 15.0. The molecule has 0 spiro atoms. The Kier molecular flexibility index (Phi) is 22.8. The van der Waals surface area contributed by atoms with Crippen LogP contribution in [-0.2, 0) is 21.2 Å². The van der Waals surface area contributed by atoms with Gasteiger partial charge in [-0.05, 0) is 68.9 Å². The topological polar surface area (TPSA) is 46.2 Å². The Labute approximate surface area is 320 Å². The van der Waals surface area contributed by atoms with Gasteiger partial charge < -0.3 is 21.2 Å². The fourth-order valence-electron chi connectivity index (χ4n) is 10.2. The molecule has 0 aromatic heterocycles. The van der Waals surface area contributed by atoms with E-state index in [1.165, 1.54) is 44.9 Å². The van der Waals surface area contributed by atoms with Crippen LogP contribution in [0.5, 0.6) is 0 Å². The molecule has 0 heterocycles. The van der Waals surface area contributed by atoms with Crippen molar-refractivity contribution in [2.75, 3.05) is 14.2 Å². The Morgan fingerprint density at radius 2 is 0.520 bits per heavy atom. The molecule has 0 amide bonds. The van der Waals surface area contributed by atoms with Crippen LogP contribution in [0.25, 0.3) is 0 Å². The predicted molar refractivity (Wildman–Crippen MR) is 234 cm³/mol. The number of unbranched alkanes of at least 4 members (excludes halogenated alkanes) is 7. The van der Waals surface area contributed by atoms with Gasteiger partial charge in [0.25, 0.3) is 0 Å². The lowest BCUT2D eigenvalue weighted by atomic mass is 10.1. The average Bonchev–Trinajstić information content (AvgIpc) is 3.00. The van der Waals surface area contributed by atoms with E-state index < -0.39 is 42.3 Å². The first-order chi connectivity index (χ1) is 22.9. The van der Waals surface area contributed by atoms with Gasteiger partial charge in [-0.2, -0.15) is 0 Å². The summed E-state index contributed by atoms with van der Waals surface area (Å²) in [5.74, 6) is 0. The molecule has 0 N–H and O–H groups in total. The fourth-order valence-corrected chi connectivity index (χ4v) is 42.2. The smallest absolute Gasteiger partial charge is 0.415 e. The molecule has 302 valence electrons. The van der Waals surface area contributed by atoms with Gasteiger partial charge in [0.2, 0.25) is 0 Å². The van der Waals surface area contributed by atoms with Gasteiger partial charge in [0.1, 0.15) is 0 Å². The van der Waals surface area contributed by atoms with E-state index in [9.17, 15) is 0 Å². The minimum atomic E-state index is -3.21. The summed E-state index contributed by atoms with van der Waals surface area (Å²) in [4.78, 5) is 0. The molecule has 0 aliphatic rings. The maximum Gasteiger partial charge on any atom is 0.469 e. The monoisotopic (exact) mass is 793 g/mol. The lowest BCUT2D eigenvalue weighted by Gasteiger charge is -2.56. The van der Waals surface area contributed by atoms with Crippen molar-refractivity contribution in [1.29, 1.82) is 0 Å². The van der Waals surface area contributed by atoms with Gasteiger partial charge in [-0.3, -0.25) is 0 Å². The van der Waals surface area contributed by atoms with Gasteiger partial charge in [-0.25, -0.2) is 0 Å². The van der Waals surface area contributed by atoms with Crippen LogP contribution in [0.4, 0.5) is 0 Å². The van der Waals surface area contributed by atoms with Gasteiger partial charge in [0.05, 0.1) is 0 Å². The molecule has 5 nitrogen and oxygen atoms in total. The van der Waals surface area contributed by atoms with E-state index in [-0.39, 0.29) is 0 Å². The quantitative estimate of drug-likeness (QED) is 0.0583. The lowest BCUT2D eigenvalue weighted by Crippen LogP contribution is -2.69. The van der Waals surface area contributed by atoms with Crippen molar-refractivity contribution in [3.8, 4) is 0 Å². The third-order valence-corrected chi connectivity index (χ3v) is 41.0. The third kappa shape index (κ3) is 12.7. The molecule has 0 fully saturated rings. The second-order valence-electron chi connectivity index (χ2n) is 18.8. The zero-order valence-corrected chi connectivity index (χ0v) is 42.8. The Morgan fingerprint density at radius 1 is 0.320 bits per heavy atom. The first-order valence-corrected chi connectivity index (χ1v) is 32.0. The van der Waals surface area contributed by atoms with Crippen LogP contribution in [0.15, 0.2) is 0 Å². The molecule has 0 aliphatic carbocycles. The maximum absolute atomic E-state index is 8.23. The first-order valence-electron chi connectivity index (χ1n) is 21.1. The summed E-state index contributed by atoms with van der Waals surface area (Å²) in [7, 11) is -8.58. The summed E-state index contributed by atoms with van der Waals surface area (Å²) >= 11 is 0. The van der Waals surface area contributed by atoms with E-state index in [4.69, 9.17) is 21.2 Å². The Balaban J connectivity index is 6.92. The van der Waals surface area contributed by atoms with Crippen molar-refractivity contribution >= 4 is 42.3 Å². The molecule has 0 radical (unpaired) electrons. The normalized spacial score (nSPS) is 14.5. The summed E-state index contributed by atoms with van der Waals surface area (Å²) in [5, 5.41) is 0. The van der Waals surface area contributed by atoms with Gasteiger partial charge in [0, 0.05) is 20.3 Å². The Morgan fingerprint density at radius 3 is 0.720 bits per heavy atom. The summed E-state index contributed by atoms with van der Waals surface area (Å²) in [6, 6.07) is 2.05. The molecular weight excluding hydrogens is 701 g/mol. The SMILES string of the molecule is CO[Si](C)(CCCCCCCCCC[Si](O[Si](C(C)C)(C(C)C)C(C)C)(O[Si](C(C)C)(C(C)C)C(C)C)O[Si](C(C)C)(C(C)C)C(C)C)OC. The van der Waals surface area contributed by atoms with Crippen LogP contribution in [0.2, 0.25) is 68.5 Å². The number of hydrogen-bond acceptors (Lipinski definition) is 5. The van der Waals surface area contributed by atoms with Crippen molar-refractivity contribution in [1.82, 2.24) is 0 Å². The summed E-state index contributed by atoms with van der Waals surface area (Å²) in [6.07, 6.45) is 10.0. The average molecular weight is 794 g/mol. The summed E-state index contributed by atoms with van der Waals surface area (Å²) < 4.78 is 36.1. The van der Waals surface area contributed by atoms with Crippen LogP contribution in [0.3, 0.4) is 0 Å². The van der Waals surface area contributed by atoms with E-state index in [0.29, 0.717) is 49.9 Å². The molecular formula is C40H92O5Si5. The molecule has 0 aromatic rings. The molecule has 0 atom stereocenters. The molecule has 0 bridgehead atoms. The van der Waals surface area contributed by atoms with Crippen LogP contribution in [-0.4, -0.2) is 56.5 Å². The maximum atomic E-state index is 8.23. The molecule has 0 aliphatic heterocycles. The van der Waals surface area contributed by atoms with E-state index in [1.54, 1.807) is 14.2 Å². The molecule has 0 saturated heterocycles. The Bertz CT molecular complexity index is 754. The van der Waals surface area contributed by atoms with Gasteiger partial charge >= 0.3 is 17.4 Å². The zero-order chi connectivity index (χ0) is 39.3. The number of hydrogen-bond donors (Lipinski definition) is 0. The van der Waals surface area contributed by atoms with Gasteiger partial charge in [-0.15, -0.1) is 0 Å². The van der Waals surface area contributed by atoms with E-state index in [1.807, 2.05) is 0 Å². The largest absolute Gasteiger partial charge is 0.469 e. The second-order valence-corrected chi connectivity index (χ2v) is 42.2. The minimum Gasteiger partial charge on any atom is -0.415 e. The standard InChI is InChI=1S/C40H92O5Si5/c1-32(2)48(33(3)4,34(5)6)43-47(44-49(35(7)8,36(9)10)37(11)12,45-50(38(13)14,39(15)16)40(17)18)31-29-27-25-23-22-24-26-28-30-46(21,41-19)42-20/h32-40H,22-31H2,1-21H3. The van der Waals surface area contributed by atoms with Crippen LogP contribution < -0.4 is 0 Å². The number of rotatable bonds is 28. The van der Waals surface area contributed by atoms with Crippen molar-refractivity contribution < 1.29 is 21.2 Å². The lowest BCUT2D eigenvalue weighted by molar-refractivity contribution is 0.216. The van der Waals surface area contributed by atoms with Gasteiger partial charge in [0.15, 0.2) is 25.0 Å². The molecule has 0 rings (SSSR count). The highest BCUT2D eigenvalue weighted by molar-refractivity contribution is 6.94. The molecule has 10 heteroatoms. The van der Waals surface area contributed by atoms with Crippen molar-refractivity contribution in [3.63, 3.8) is 0 Å². The molecule has 0 unspecified atom stereocenters. The fraction of sp³-hybridized carbons (Fsp3) is 1.00. The van der Waals surface area contributed by atoms with E-state index >= 15 is 0 Å². The minimum absolute atomic E-state index is 0.483. The summed E-state index contributed by atoms with van der Waals surface area (Å²) in [5.41, 5.74) is 4.34. The van der Waals surface area contributed by atoms with Crippen LogP contribution in [0.1, 0.15) is 176 Å². The molecule has 50 heavy (non-hydrogen) atoms. The van der Waals surface area contributed by atoms with E-state index in [0.717, 1.165) is 18.5 Å². The molecule has 0 aromatic carbocycles. The zero-order valence-electron chi connectivity index (χ0n) is 37.8. The highest BCUT2D eigenvalue weighted by Crippen LogP contribution is 2.53. The third-order valence-electron chi connectivity index (χ3n) is 12.8. The Hall–Kier alpha value is 0.884. The van der Waals surface area contributed by atoms with Crippen molar-refractivity contribution in [3.05, 3.63) is 0 Å². The van der Waals surface area contributed by atoms with Crippen molar-refractivity contribution in [2.45, 2.75) is 244 Å². The van der Waals surface area contributed by atoms with E-state index in [2.05, 4.69) is 131 Å². The summed E-state index contributed by atoms with van der Waals surface area (Å²) in [6.45, 7) is 46.1. The van der Waals surface area contributed by atoms with Crippen LogP contribution in [0, 0.1) is 0 Å². The van der Waals surface area contributed by atoms with Crippen LogP contribution >= 0.6 is 0 Å². The van der Waals surface area contributed by atoms with Crippen molar-refractivity contribution in [2.24, 2.45) is 0 Å². The first kappa shape index (κ1) is 50.9. The highest BCUT2D eigenvalue weighted by Gasteiger charge is 2.63. The van der Waals surface area contributed by atoms with Gasteiger partial charge in [-0.1, -0.05) is 170 Å². The highest BCUT2D eigenvalue weighted by atomic mass is 28.5.